The Hall–Kier alpha value is -2.86. The molecular weight excluding hydrogens is 350 g/mol. The van der Waals surface area contributed by atoms with Gasteiger partial charge in [-0.25, -0.2) is 9.97 Å². The van der Waals surface area contributed by atoms with Gasteiger partial charge in [0.05, 0.1) is 11.2 Å². The standard InChI is InChI=1S/C22H23N5O/c28-22(16-5-6-19-15(11-16)3-2-9-24-19)27-10-7-20-18(14-27)13-25-21(26-20)17-4-1-8-23-12-17/h2-3,5-6,9,11,13,17,23H,1,4,7-8,10,12,14H2. The summed E-state index contributed by atoms with van der Waals surface area (Å²) >= 11 is 0. The SMILES string of the molecule is O=C(c1ccc2ncccc2c1)N1CCc2nc(C3CCCNC3)ncc2C1. The van der Waals surface area contributed by atoms with Crippen molar-refractivity contribution in [1.82, 2.24) is 25.2 Å². The van der Waals surface area contributed by atoms with Crippen LogP contribution in [0.1, 0.15) is 46.2 Å². The summed E-state index contributed by atoms with van der Waals surface area (Å²) in [6.45, 7) is 3.31. The number of piperidine rings is 1. The van der Waals surface area contributed by atoms with Crippen molar-refractivity contribution in [3.63, 3.8) is 0 Å². The molecule has 2 aromatic heterocycles. The van der Waals surface area contributed by atoms with Gasteiger partial charge in [0.25, 0.3) is 5.91 Å². The van der Waals surface area contributed by atoms with E-state index in [4.69, 9.17) is 4.98 Å². The fourth-order valence-electron chi connectivity index (χ4n) is 4.17. The number of hydrogen-bond acceptors (Lipinski definition) is 5. The zero-order chi connectivity index (χ0) is 18.9. The van der Waals surface area contributed by atoms with Crippen molar-refractivity contribution < 1.29 is 4.79 Å². The van der Waals surface area contributed by atoms with E-state index in [1.165, 1.54) is 6.42 Å². The second-order valence-corrected chi connectivity index (χ2v) is 7.63. The summed E-state index contributed by atoms with van der Waals surface area (Å²) in [5, 5.41) is 4.41. The second kappa shape index (κ2) is 7.28. The van der Waals surface area contributed by atoms with Gasteiger partial charge in [0.15, 0.2) is 0 Å². The number of aromatic nitrogens is 3. The third kappa shape index (κ3) is 3.24. The molecule has 1 aromatic carbocycles. The predicted octanol–water partition coefficient (Wildman–Crippen LogP) is 2.69. The molecule has 1 unspecified atom stereocenters. The third-order valence-corrected chi connectivity index (χ3v) is 5.75. The average Bonchev–Trinajstić information content (AvgIpc) is 2.78. The average molecular weight is 373 g/mol. The molecule has 1 N–H and O–H groups in total. The highest BCUT2D eigenvalue weighted by Crippen LogP contribution is 2.24. The van der Waals surface area contributed by atoms with Crippen molar-refractivity contribution in [2.45, 2.75) is 31.7 Å². The van der Waals surface area contributed by atoms with E-state index in [-0.39, 0.29) is 5.91 Å². The maximum atomic E-state index is 13.0. The van der Waals surface area contributed by atoms with Crippen molar-refractivity contribution in [3.05, 3.63) is 65.4 Å². The van der Waals surface area contributed by atoms with Gasteiger partial charge in [0.1, 0.15) is 5.82 Å². The highest BCUT2D eigenvalue weighted by Gasteiger charge is 2.25. The number of rotatable bonds is 2. The normalized spacial score (nSPS) is 19.4. The Morgan fingerprint density at radius 3 is 3.07 bits per heavy atom. The molecule has 0 saturated carbocycles. The van der Waals surface area contributed by atoms with Gasteiger partial charge in [-0.1, -0.05) is 6.07 Å². The number of pyridine rings is 1. The quantitative estimate of drug-likeness (QED) is 0.748. The predicted molar refractivity (Wildman–Crippen MR) is 107 cm³/mol. The smallest absolute Gasteiger partial charge is 0.254 e. The Labute approximate surface area is 164 Å². The minimum Gasteiger partial charge on any atom is -0.334 e. The number of carbonyl (C=O) groups is 1. The van der Waals surface area contributed by atoms with Crippen molar-refractivity contribution in [2.75, 3.05) is 19.6 Å². The Bertz CT molecular complexity index is 1030. The number of nitrogens with zero attached hydrogens (tertiary/aromatic N) is 4. The van der Waals surface area contributed by atoms with Gasteiger partial charge >= 0.3 is 0 Å². The van der Waals surface area contributed by atoms with Gasteiger partial charge in [-0.05, 0) is 43.7 Å². The first-order valence-electron chi connectivity index (χ1n) is 9.97. The van der Waals surface area contributed by atoms with Crippen LogP contribution in [0, 0.1) is 0 Å². The lowest BCUT2D eigenvalue weighted by atomic mass is 9.98. The zero-order valence-electron chi connectivity index (χ0n) is 15.8. The van der Waals surface area contributed by atoms with E-state index in [0.717, 1.165) is 53.9 Å². The molecule has 3 aromatic rings. The lowest BCUT2D eigenvalue weighted by Gasteiger charge is -2.29. The second-order valence-electron chi connectivity index (χ2n) is 7.63. The summed E-state index contributed by atoms with van der Waals surface area (Å²) in [5.74, 6) is 1.41. The molecule has 2 aliphatic rings. The van der Waals surface area contributed by atoms with Gasteiger partial charge in [-0.3, -0.25) is 9.78 Å². The van der Waals surface area contributed by atoms with Crippen LogP contribution in [0.2, 0.25) is 0 Å². The van der Waals surface area contributed by atoms with Crippen LogP contribution in [0.4, 0.5) is 0 Å². The summed E-state index contributed by atoms with van der Waals surface area (Å²) in [4.78, 5) is 28.7. The zero-order valence-corrected chi connectivity index (χ0v) is 15.8. The number of benzene rings is 1. The van der Waals surface area contributed by atoms with Crippen LogP contribution in [-0.4, -0.2) is 45.4 Å². The maximum Gasteiger partial charge on any atom is 0.254 e. The summed E-state index contributed by atoms with van der Waals surface area (Å²) in [6, 6.07) is 9.58. The molecule has 1 atom stereocenters. The molecule has 1 amide bonds. The third-order valence-electron chi connectivity index (χ3n) is 5.75. The Morgan fingerprint density at radius 2 is 2.18 bits per heavy atom. The molecular formula is C22H23N5O. The van der Waals surface area contributed by atoms with E-state index in [9.17, 15) is 4.79 Å². The van der Waals surface area contributed by atoms with Gasteiger partial charge in [0.2, 0.25) is 0 Å². The molecule has 28 heavy (non-hydrogen) atoms. The van der Waals surface area contributed by atoms with Crippen LogP contribution in [0.3, 0.4) is 0 Å². The Kier molecular flexibility index (Phi) is 4.49. The number of nitrogens with one attached hydrogen (secondary N) is 1. The Morgan fingerprint density at radius 1 is 1.21 bits per heavy atom. The molecule has 0 bridgehead atoms. The molecule has 0 spiro atoms. The van der Waals surface area contributed by atoms with Gasteiger partial charge in [-0.2, -0.15) is 0 Å². The minimum atomic E-state index is 0.0527. The number of hydrogen-bond donors (Lipinski definition) is 1. The van der Waals surface area contributed by atoms with Crippen LogP contribution in [-0.2, 0) is 13.0 Å². The van der Waals surface area contributed by atoms with Crippen LogP contribution < -0.4 is 5.32 Å². The van der Waals surface area contributed by atoms with Crippen LogP contribution >= 0.6 is 0 Å². The fraction of sp³-hybridized carbons (Fsp3) is 0.364. The molecule has 6 nitrogen and oxygen atoms in total. The summed E-state index contributed by atoms with van der Waals surface area (Å²) in [5.41, 5.74) is 3.77. The molecule has 1 saturated heterocycles. The molecule has 6 heteroatoms. The van der Waals surface area contributed by atoms with E-state index in [1.807, 2.05) is 41.4 Å². The lowest BCUT2D eigenvalue weighted by Crippen LogP contribution is -2.37. The van der Waals surface area contributed by atoms with E-state index in [2.05, 4.69) is 15.3 Å². The summed E-state index contributed by atoms with van der Waals surface area (Å²) < 4.78 is 0. The molecule has 4 heterocycles. The fourth-order valence-corrected chi connectivity index (χ4v) is 4.17. The first-order chi connectivity index (χ1) is 13.8. The molecule has 1 fully saturated rings. The monoisotopic (exact) mass is 373 g/mol. The molecule has 0 radical (unpaired) electrons. The maximum absolute atomic E-state index is 13.0. The lowest BCUT2D eigenvalue weighted by molar-refractivity contribution is 0.0733. The molecule has 0 aliphatic carbocycles. The first-order valence-corrected chi connectivity index (χ1v) is 9.97. The van der Waals surface area contributed by atoms with Crippen LogP contribution in [0.25, 0.3) is 10.9 Å². The van der Waals surface area contributed by atoms with E-state index < -0.39 is 0 Å². The highest BCUT2D eigenvalue weighted by molar-refractivity contribution is 5.98. The number of fused-ring (bicyclic) bond motifs is 2. The van der Waals surface area contributed by atoms with Crippen molar-refractivity contribution in [3.8, 4) is 0 Å². The van der Waals surface area contributed by atoms with Gasteiger partial charge < -0.3 is 10.2 Å². The van der Waals surface area contributed by atoms with Gasteiger partial charge in [0, 0.05) is 60.9 Å². The van der Waals surface area contributed by atoms with E-state index >= 15 is 0 Å². The van der Waals surface area contributed by atoms with E-state index in [0.29, 0.717) is 24.6 Å². The van der Waals surface area contributed by atoms with Gasteiger partial charge in [-0.15, -0.1) is 0 Å². The minimum absolute atomic E-state index is 0.0527. The topological polar surface area (TPSA) is 71.0 Å². The number of carbonyl (C=O) groups excluding carboxylic acids is 1. The summed E-state index contributed by atoms with van der Waals surface area (Å²) in [7, 11) is 0. The molecule has 142 valence electrons. The van der Waals surface area contributed by atoms with Crippen LogP contribution in [0.5, 0.6) is 0 Å². The number of amides is 1. The van der Waals surface area contributed by atoms with Crippen molar-refractivity contribution in [1.29, 1.82) is 0 Å². The van der Waals surface area contributed by atoms with Crippen molar-refractivity contribution >= 4 is 16.8 Å². The largest absolute Gasteiger partial charge is 0.334 e. The van der Waals surface area contributed by atoms with Crippen LogP contribution in [0.15, 0.2) is 42.7 Å². The highest BCUT2D eigenvalue weighted by atomic mass is 16.2. The Balaban J connectivity index is 1.35. The van der Waals surface area contributed by atoms with E-state index in [1.54, 1.807) is 6.20 Å². The summed E-state index contributed by atoms with van der Waals surface area (Å²) in [6.07, 6.45) is 6.80. The van der Waals surface area contributed by atoms with Crippen molar-refractivity contribution in [2.24, 2.45) is 0 Å². The first kappa shape index (κ1) is 17.3. The molecule has 5 rings (SSSR count). The molecule has 2 aliphatic heterocycles.